The molecule has 2 aromatic rings. The number of pyridine rings is 1. The number of methoxy groups -OCH3 is 1. The molecule has 22 heavy (non-hydrogen) atoms. The van der Waals surface area contributed by atoms with E-state index in [1.54, 1.807) is 12.1 Å². The number of rotatable bonds is 4. The Morgan fingerprint density at radius 2 is 1.77 bits per heavy atom. The summed E-state index contributed by atoms with van der Waals surface area (Å²) in [6.07, 6.45) is 1.31. The van der Waals surface area contributed by atoms with E-state index in [0.717, 1.165) is 0 Å². The van der Waals surface area contributed by atoms with E-state index in [9.17, 15) is 14.4 Å². The molecule has 0 aliphatic carbocycles. The molecule has 7 heteroatoms. The van der Waals surface area contributed by atoms with Crippen molar-refractivity contribution in [1.29, 1.82) is 0 Å². The van der Waals surface area contributed by atoms with E-state index in [-0.39, 0.29) is 22.5 Å². The van der Waals surface area contributed by atoms with Gasteiger partial charge >= 0.3 is 11.9 Å². The van der Waals surface area contributed by atoms with Crippen LogP contribution in [0.3, 0.4) is 0 Å². The third-order valence-corrected chi connectivity index (χ3v) is 2.83. The second-order valence-corrected chi connectivity index (χ2v) is 4.20. The number of nitrogens with zero attached hydrogens (tertiary/aromatic N) is 1. The topological polar surface area (TPSA) is 106 Å². The van der Waals surface area contributed by atoms with Crippen LogP contribution in [-0.2, 0) is 4.74 Å². The number of amides is 1. The highest BCUT2D eigenvalue weighted by molar-refractivity contribution is 6.11. The summed E-state index contributed by atoms with van der Waals surface area (Å²) in [6.45, 7) is 0. The number of hydrogen-bond donors (Lipinski definition) is 2. The number of esters is 1. The van der Waals surface area contributed by atoms with Crippen LogP contribution in [0.15, 0.2) is 42.6 Å². The lowest BCUT2D eigenvalue weighted by Gasteiger charge is -2.10. The minimum atomic E-state index is -1.26. The summed E-state index contributed by atoms with van der Waals surface area (Å²) in [4.78, 5) is 38.7. The van der Waals surface area contributed by atoms with Crippen molar-refractivity contribution in [1.82, 2.24) is 4.98 Å². The highest BCUT2D eigenvalue weighted by atomic mass is 16.5. The van der Waals surface area contributed by atoms with Gasteiger partial charge in [-0.2, -0.15) is 0 Å². The molecule has 112 valence electrons. The average molecular weight is 300 g/mol. The minimum absolute atomic E-state index is 0.158. The second-order valence-electron chi connectivity index (χ2n) is 4.20. The van der Waals surface area contributed by atoms with Crippen LogP contribution < -0.4 is 5.32 Å². The van der Waals surface area contributed by atoms with E-state index in [1.807, 2.05) is 0 Å². The van der Waals surface area contributed by atoms with Crippen molar-refractivity contribution >= 4 is 23.5 Å². The molecule has 0 aliphatic rings. The zero-order valence-electron chi connectivity index (χ0n) is 11.6. The van der Waals surface area contributed by atoms with Crippen molar-refractivity contribution in [2.75, 3.05) is 12.4 Å². The predicted octanol–water partition coefficient (Wildman–Crippen LogP) is 1.82. The average Bonchev–Trinajstić information content (AvgIpc) is 2.54. The van der Waals surface area contributed by atoms with Crippen LogP contribution in [0.1, 0.15) is 31.2 Å². The minimum Gasteiger partial charge on any atom is -0.478 e. The van der Waals surface area contributed by atoms with Crippen molar-refractivity contribution in [3.05, 3.63) is 59.4 Å². The predicted molar refractivity (Wildman–Crippen MR) is 76.9 cm³/mol. The summed E-state index contributed by atoms with van der Waals surface area (Å²) in [5.41, 5.74) is -0.0993. The van der Waals surface area contributed by atoms with Gasteiger partial charge in [-0.25, -0.2) is 9.59 Å². The van der Waals surface area contributed by atoms with Gasteiger partial charge in [0, 0.05) is 6.20 Å². The number of anilines is 1. The van der Waals surface area contributed by atoms with Gasteiger partial charge < -0.3 is 15.2 Å². The Morgan fingerprint density at radius 1 is 1.09 bits per heavy atom. The van der Waals surface area contributed by atoms with Crippen LogP contribution >= 0.6 is 0 Å². The van der Waals surface area contributed by atoms with Crippen LogP contribution in [0, 0.1) is 0 Å². The van der Waals surface area contributed by atoms with E-state index in [0.29, 0.717) is 0 Å². The third-order valence-electron chi connectivity index (χ3n) is 2.83. The molecule has 1 amide bonds. The SMILES string of the molecule is COC(=O)c1ccccc1NC(=O)c1ncccc1C(=O)O. The first-order valence-corrected chi connectivity index (χ1v) is 6.21. The fourth-order valence-corrected chi connectivity index (χ4v) is 1.82. The molecular formula is C15H12N2O5. The van der Waals surface area contributed by atoms with Gasteiger partial charge in [0.05, 0.1) is 23.9 Å². The van der Waals surface area contributed by atoms with Gasteiger partial charge in [0.2, 0.25) is 0 Å². The molecule has 0 saturated heterocycles. The number of carbonyl (C=O) groups is 3. The van der Waals surface area contributed by atoms with Gasteiger partial charge in [-0.05, 0) is 24.3 Å². The lowest BCUT2D eigenvalue weighted by molar-refractivity contribution is 0.0601. The van der Waals surface area contributed by atoms with Crippen molar-refractivity contribution in [2.45, 2.75) is 0 Å². The Bertz CT molecular complexity index is 742. The molecule has 0 fully saturated rings. The van der Waals surface area contributed by atoms with Gasteiger partial charge in [-0.3, -0.25) is 9.78 Å². The zero-order valence-corrected chi connectivity index (χ0v) is 11.6. The van der Waals surface area contributed by atoms with Crippen LogP contribution in [0.5, 0.6) is 0 Å². The molecule has 1 heterocycles. The normalized spacial score (nSPS) is 9.86. The van der Waals surface area contributed by atoms with E-state index in [1.165, 1.54) is 37.6 Å². The number of ether oxygens (including phenoxy) is 1. The lowest BCUT2D eigenvalue weighted by Crippen LogP contribution is -2.19. The molecule has 0 atom stereocenters. The largest absolute Gasteiger partial charge is 0.478 e. The van der Waals surface area contributed by atoms with Gasteiger partial charge in [0.25, 0.3) is 5.91 Å². The Balaban J connectivity index is 2.35. The maximum absolute atomic E-state index is 12.2. The summed E-state index contributed by atoms with van der Waals surface area (Å²) in [5, 5.41) is 11.5. The van der Waals surface area contributed by atoms with E-state index >= 15 is 0 Å². The summed E-state index contributed by atoms with van der Waals surface area (Å²) < 4.78 is 4.63. The molecule has 7 nitrogen and oxygen atoms in total. The Kier molecular flexibility index (Phi) is 4.47. The number of benzene rings is 1. The smallest absolute Gasteiger partial charge is 0.339 e. The maximum Gasteiger partial charge on any atom is 0.339 e. The quantitative estimate of drug-likeness (QED) is 0.834. The van der Waals surface area contributed by atoms with E-state index in [2.05, 4.69) is 15.0 Å². The van der Waals surface area contributed by atoms with Gasteiger partial charge in [-0.1, -0.05) is 12.1 Å². The first-order valence-electron chi connectivity index (χ1n) is 6.21. The van der Waals surface area contributed by atoms with Crippen LogP contribution in [0.2, 0.25) is 0 Å². The Labute approximate surface area is 125 Å². The van der Waals surface area contributed by atoms with E-state index in [4.69, 9.17) is 5.11 Å². The molecule has 0 radical (unpaired) electrons. The van der Waals surface area contributed by atoms with Gasteiger partial charge in [0.1, 0.15) is 5.69 Å². The number of hydrogen-bond acceptors (Lipinski definition) is 5. The number of nitrogens with one attached hydrogen (secondary N) is 1. The molecule has 1 aromatic heterocycles. The first-order chi connectivity index (χ1) is 10.5. The van der Waals surface area contributed by atoms with E-state index < -0.39 is 17.8 Å². The third kappa shape index (κ3) is 3.09. The fourth-order valence-electron chi connectivity index (χ4n) is 1.82. The Morgan fingerprint density at radius 3 is 2.45 bits per heavy atom. The first kappa shape index (κ1) is 15.2. The number of para-hydroxylation sites is 1. The molecular weight excluding hydrogens is 288 g/mol. The summed E-state index contributed by atoms with van der Waals surface area (Å²) >= 11 is 0. The number of aromatic nitrogens is 1. The molecule has 0 aliphatic heterocycles. The highest BCUT2D eigenvalue weighted by Crippen LogP contribution is 2.17. The molecule has 0 unspecified atom stereocenters. The second kappa shape index (κ2) is 6.49. The zero-order chi connectivity index (χ0) is 16.1. The standard InChI is InChI=1S/C15H12N2O5/c1-22-15(21)9-5-2-3-7-11(9)17-13(18)12-10(14(19)20)6-4-8-16-12/h2-8H,1H3,(H,17,18)(H,19,20). The number of carbonyl (C=O) groups excluding carboxylic acids is 2. The summed E-state index contributed by atoms with van der Waals surface area (Å²) in [7, 11) is 1.22. The fraction of sp³-hybridized carbons (Fsp3) is 0.0667. The monoisotopic (exact) mass is 300 g/mol. The summed E-state index contributed by atoms with van der Waals surface area (Å²) in [6, 6.07) is 8.93. The van der Waals surface area contributed by atoms with Crippen LogP contribution in [0.4, 0.5) is 5.69 Å². The van der Waals surface area contributed by atoms with Crippen molar-refractivity contribution < 1.29 is 24.2 Å². The molecule has 0 bridgehead atoms. The van der Waals surface area contributed by atoms with Crippen LogP contribution in [0.25, 0.3) is 0 Å². The van der Waals surface area contributed by atoms with Gasteiger partial charge in [-0.15, -0.1) is 0 Å². The molecule has 1 aromatic carbocycles. The number of carboxylic acids is 1. The lowest BCUT2D eigenvalue weighted by atomic mass is 10.1. The van der Waals surface area contributed by atoms with Crippen molar-refractivity contribution in [2.24, 2.45) is 0 Å². The van der Waals surface area contributed by atoms with Crippen molar-refractivity contribution in [3.8, 4) is 0 Å². The summed E-state index contributed by atoms with van der Waals surface area (Å²) in [5.74, 6) is -2.61. The molecule has 0 saturated carbocycles. The number of carboxylic acid groups (broad SMARTS) is 1. The van der Waals surface area contributed by atoms with Crippen molar-refractivity contribution in [3.63, 3.8) is 0 Å². The molecule has 2 rings (SSSR count). The highest BCUT2D eigenvalue weighted by Gasteiger charge is 2.20. The van der Waals surface area contributed by atoms with Gasteiger partial charge in [0.15, 0.2) is 0 Å². The number of aromatic carboxylic acids is 1. The van der Waals surface area contributed by atoms with Crippen LogP contribution in [-0.4, -0.2) is 35.0 Å². The molecule has 0 spiro atoms. The maximum atomic E-state index is 12.2. The Hall–Kier alpha value is -3.22. The molecule has 2 N–H and O–H groups in total.